The molecule has 2 aromatic carbocycles. The minimum Gasteiger partial charge on any atom is -0.376 e. The Morgan fingerprint density at radius 2 is 0.970 bits per heavy atom. The molecule has 0 aromatic heterocycles. The Kier molecular flexibility index (Phi) is 6.63. The summed E-state index contributed by atoms with van der Waals surface area (Å²) < 4.78 is 129. The summed E-state index contributed by atoms with van der Waals surface area (Å²) in [6, 6.07) is 7.06. The van der Waals surface area contributed by atoms with E-state index in [1.807, 2.05) is 0 Å². The average Bonchev–Trinajstić information content (AvgIpc) is 2.74. The number of benzene rings is 2. The normalized spacial score (nSPS) is 15.5. The first-order valence-electron chi connectivity index (χ1n) is 9.38. The van der Waals surface area contributed by atoms with Crippen LogP contribution in [0.25, 0.3) is 11.1 Å². The standard InChI is InChI=1S/C19H16F6O6S2/c20-18(21,22)32(26,27)30-14-6-8-16-12(10-14)4-2-1-3-5-13-11-15(7-9-17(13)16)31-33(28,29)19(23,24)25/h6-11H,1-5H2. The summed E-state index contributed by atoms with van der Waals surface area (Å²) in [4.78, 5) is 0. The van der Waals surface area contributed by atoms with Crippen molar-refractivity contribution < 1.29 is 51.5 Å². The van der Waals surface area contributed by atoms with Crippen molar-refractivity contribution >= 4 is 20.2 Å². The molecule has 0 N–H and O–H groups in total. The molecule has 0 spiro atoms. The van der Waals surface area contributed by atoms with E-state index in [0.717, 1.165) is 24.3 Å². The fraction of sp³-hybridized carbons (Fsp3) is 0.368. The van der Waals surface area contributed by atoms with Gasteiger partial charge in [0.25, 0.3) is 0 Å². The predicted molar refractivity (Wildman–Crippen MR) is 104 cm³/mol. The average molecular weight is 518 g/mol. The highest BCUT2D eigenvalue weighted by Gasteiger charge is 2.49. The summed E-state index contributed by atoms with van der Waals surface area (Å²) in [5.74, 6) is -1.08. The van der Waals surface area contributed by atoms with Crippen LogP contribution < -0.4 is 8.37 Å². The summed E-state index contributed by atoms with van der Waals surface area (Å²) in [6.45, 7) is 0. The second kappa shape index (κ2) is 8.70. The zero-order valence-electron chi connectivity index (χ0n) is 16.5. The number of fused-ring (bicyclic) bond motifs is 3. The van der Waals surface area contributed by atoms with Crippen LogP contribution in [0.4, 0.5) is 26.3 Å². The Morgan fingerprint density at radius 3 is 1.30 bits per heavy atom. The van der Waals surface area contributed by atoms with E-state index in [2.05, 4.69) is 8.37 Å². The molecule has 0 amide bonds. The molecular formula is C19H16F6O6S2. The molecule has 0 aliphatic heterocycles. The van der Waals surface area contributed by atoms with Gasteiger partial charge in [0, 0.05) is 0 Å². The highest BCUT2D eigenvalue weighted by Crippen LogP contribution is 2.37. The van der Waals surface area contributed by atoms with E-state index in [0.29, 0.717) is 54.4 Å². The zero-order chi connectivity index (χ0) is 24.7. The summed E-state index contributed by atoms with van der Waals surface area (Å²) in [5, 5.41) is 0. The highest BCUT2D eigenvalue weighted by molar-refractivity contribution is 7.88. The molecular weight excluding hydrogens is 502 g/mol. The minimum atomic E-state index is -5.86. The molecule has 3 rings (SSSR count). The van der Waals surface area contributed by atoms with E-state index in [9.17, 15) is 43.2 Å². The first-order valence-corrected chi connectivity index (χ1v) is 12.2. The van der Waals surface area contributed by atoms with Gasteiger partial charge >= 0.3 is 31.3 Å². The third-order valence-corrected chi connectivity index (χ3v) is 6.77. The van der Waals surface area contributed by atoms with Crippen molar-refractivity contribution in [1.82, 2.24) is 0 Å². The van der Waals surface area contributed by atoms with E-state index < -0.39 is 42.8 Å². The SMILES string of the molecule is O=S(=O)(Oc1ccc2c(c1)CCCCCc1cc(OS(=O)(=O)C(F)(F)F)ccc1-2)C(F)(F)F. The lowest BCUT2D eigenvalue weighted by atomic mass is 9.93. The van der Waals surface area contributed by atoms with Gasteiger partial charge in [0.2, 0.25) is 0 Å². The maximum Gasteiger partial charge on any atom is 0.534 e. The molecule has 0 saturated heterocycles. The largest absolute Gasteiger partial charge is 0.534 e. The van der Waals surface area contributed by atoms with E-state index in [-0.39, 0.29) is 0 Å². The van der Waals surface area contributed by atoms with Gasteiger partial charge in [0.05, 0.1) is 0 Å². The van der Waals surface area contributed by atoms with Crippen molar-refractivity contribution in [2.75, 3.05) is 0 Å². The van der Waals surface area contributed by atoms with Crippen LogP contribution in [0.1, 0.15) is 30.4 Å². The molecule has 6 nitrogen and oxygen atoms in total. The molecule has 0 unspecified atom stereocenters. The molecule has 0 radical (unpaired) electrons. The minimum absolute atomic E-state index is 0.374. The molecule has 182 valence electrons. The predicted octanol–water partition coefficient (Wildman–Crippen LogP) is 5.08. The van der Waals surface area contributed by atoms with Gasteiger partial charge in [-0.1, -0.05) is 18.6 Å². The van der Waals surface area contributed by atoms with Crippen LogP contribution in [0.2, 0.25) is 0 Å². The molecule has 2 aromatic rings. The number of rotatable bonds is 4. The lowest BCUT2D eigenvalue weighted by molar-refractivity contribution is -0.0504. The maximum absolute atomic E-state index is 12.6. The Labute approximate surface area is 185 Å². The van der Waals surface area contributed by atoms with Gasteiger partial charge in [-0.3, -0.25) is 0 Å². The van der Waals surface area contributed by atoms with Crippen molar-refractivity contribution in [3.05, 3.63) is 47.5 Å². The van der Waals surface area contributed by atoms with Crippen molar-refractivity contribution in [3.8, 4) is 22.6 Å². The third kappa shape index (κ3) is 5.54. The summed E-state index contributed by atoms with van der Waals surface area (Å²) in [5.41, 5.74) is -9.29. The second-order valence-electron chi connectivity index (χ2n) is 7.16. The Bertz CT molecular complexity index is 1150. The van der Waals surface area contributed by atoms with Crippen LogP contribution in [0.15, 0.2) is 36.4 Å². The fourth-order valence-electron chi connectivity index (χ4n) is 3.34. The van der Waals surface area contributed by atoms with Crippen LogP contribution in [0.3, 0.4) is 0 Å². The van der Waals surface area contributed by atoms with Crippen LogP contribution in [-0.2, 0) is 33.1 Å². The van der Waals surface area contributed by atoms with Crippen LogP contribution in [0, 0.1) is 0 Å². The van der Waals surface area contributed by atoms with Gasteiger partial charge in [0.1, 0.15) is 11.5 Å². The second-order valence-corrected chi connectivity index (χ2v) is 10.2. The van der Waals surface area contributed by atoms with E-state index in [4.69, 9.17) is 0 Å². The molecule has 0 bridgehead atoms. The molecule has 0 fully saturated rings. The van der Waals surface area contributed by atoms with Gasteiger partial charge < -0.3 is 8.37 Å². The first kappa shape index (κ1) is 25.1. The summed E-state index contributed by atoms with van der Waals surface area (Å²) in [6.07, 6.45) is 2.60. The van der Waals surface area contributed by atoms with Crippen LogP contribution >= 0.6 is 0 Å². The summed E-state index contributed by atoms with van der Waals surface area (Å²) in [7, 11) is -11.7. The number of aryl methyl sites for hydroxylation is 2. The number of hydrogen-bond acceptors (Lipinski definition) is 6. The summed E-state index contributed by atoms with van der Waals surface area (Å²) >= 11 is 0. The lowest BCUT2D eigenvalue weighted by Gasteiger charge is -2.16. The number of halogens is 6. The Morgan fingerprint density at radius 1 is 0.606 bits per heavy atom. The Hall–Kier alpha value is -2.48. The van der Waals surface area contributed by atoms with Gasteiger partial charge in [-0.25, -0.2) is 0 Å². The topological polar surface area (TPSA) is 86.7 Å². The molecule has 0 saturated carbocycles. The number of hydrogen-bond donors (Lipinski definition) is 0. The third-order valence-electron chi connectivity index (χ3n) is 4.81. The monoisotopic (exact) mass is 518 g/mol. The van der Waals surface area contributed by atoms with Gasteiger partial charge in [-0.2, -0.15) is 43.2 Å². The van der Waals surface area contributed by atoms with Crippen LogP contribution in [-0.4, -0.2) is 27.9 Å². The molecule has 1 aliphatic carbocycles. The van der Waals surface area contributed by atoms with Crippen molar-refractivity contribution in [3.63, 3.8) is 0 Å². The Balaban J connectivity index is 2.02. The first-order chi connectivity index (χ1) is 15.1. The molecule has 14 heteroatoms. The van der Waals surface area contributed by atoms with E-state index in [1.54, 1.807) is 0 Å². The quantitative estimate of drug-likeness (QED) is 0.319. The number of alkyl halides is 6. The van der Waals surface area contributed by atoms with Gasteiger partial charge in [-0.15, -0.1) is 0 Å². The molecule has 33 heavy (non-hydrogen) atoms. The zero-order valence-corrected chi connectivity index (χ0v) is 18.2. The highest BCUT2D eigenvalue weighted by atomic mass is 32.2. The fourth-order valence-corrected chi connectivity index (χ4v) is 4.24. The van der Waals surface area contributed by atoms with Gasteiger partial charge in [0.15, 0.2) is 0 Å². The van der Waals surface area contributed by atoms with E-state index in [1.165, 1.54) is 12.1 Å². The lowest BCUT2D eigenvalue weighted by Crippen LogP contribution is -2.28. The molecule has 0 atom stereocenters. The smallest absolute Gasteiger partial charge is 0.376 e. The van der Waals surface area contributed by atoms with Crippen molar-refractivity contribution in [2.24, 2.45) is 0 Å². The van der Waals surface area contributed by atoms with Crippen molar-refractivity contribution in [2.45, 2.75) is 43.1 Å². The molecule has 1 aliphatic rings. The van der Waals surface area contributed by atoms with Crippen LogP contribution in [0.5, 0.6) is 11.5 Å². The van der Waals surface area contributed by atoms with E-state index >= 15 is 0 Å². The molecule has 0 heterocycles. The van der Waals surface area contributed by atoms with Crippen molar-refractivity contribution in [1.29, 1.82) is 0 Å². The van der Waals surface area contributed by atoms with Gasteiger partial charge in [-0.05, 0) is 72.2 Å². The maximum atomic E-state index is 12.6.